The van der Waals surface area contributed by atoms with Gasteiger partial charge in [0.05, 0.1) is 22.9 Å². The molecule has 1 aromatic heterocycles. The fourth-order valence-corrected chi connectivity index (χ4v) is 3.23. The molecule has 1 N–H and O–H groups in total. The van der Waals surface area contributed by atoms with Crippen molar-refractivity contribution in [1.82, 2.24) is 15.1 Å². The molecule has 0 bridgehead atoms. The van der Waals surface area contributed by atoms with Crippen LogP contribution in [-0.2, 0) is 0 Å². The maximum atomic E-state index is 13.7. The highest BCUT2D eigenvalue weighted by molar-refractivity contribution is 5.84. The van der Waals surface area contributed by atoms with E-state index in [-0.39, 0.29) is 17.7 Å². The smallest absolute Gasteiger partial charge is 0.125 e. The van der Waals surface area contributed by atoms with Gasteiger partial charge >= 0.3 is 0 Å². The number of hydrogen-bond acceptors (Lipinski definition) is 2. The molecule has 23 heavy (non-hydrogen) atoms. The van der Waals surface area contributed by atoms with Gasteiger partial charge < -0.3 is 5.32 Å². The molecule has 0 saturated carbocycles. The Morgan fingerprint density at radius 3 is 2.52 bits per heavy atom. The van der Waals surface area contributed by atoms with E-state index in [1.807, 2.05) is 0 Å². The predicted octanol–water partition coefficient (Wildman–Crippen LogP) is 4.12. The van der Waals surface area contributed by atoms with Gasteiger partial charge in [-0.25, -0.2) is 13.5 Å². The van der Waals surface area contributed by atoms with Crippen LogP contribution in [0.25, 0.3) is 16.6 Å². The molecule has 1 atom stereocenters. The van der Waals surface area contributed by atoms with Gasteiger partial charge in [0.15, 0.2) is 0 Å². The molecule has 0 amide bonds. The minimum absolute atomic E-state index is 0.179. The summed E-state index contributed by atoms with van der Waals surface area (Å²) >= 11 is 0. The molecule has 118 valence electrons. The Kier molecular flexibility index (Phi) is 3.58. The Bertz CT molecular complexity index is 833. The monoisotopic (exact) mass is 313 g/mol. The first-order valence-corrected chi connectivity index (χ1v) is 7.90. The van der Waals surface area contributed by atoms with Crippen LogP contribution in [0.2, 0.25) is 0 Å². The van der Waals surface area contributed by atoms with E-state index in [1.54, 1.807) is 22.9 Å². The lowest BCUT2D eigenvalue weighted by Crippen LogP contribution is -2.27. The van der Waals surface area contributed by atoms with Gasteiger partial charge in [-0.1, -0.05) is 6.42 Å². The molecule has 1 fully saturated rings. The zero-order chi connectivity index (χ0) is 15.8. The van der Waals surface area contributed by atoms with Crippen LogP contribution in [0, 0.1) is 11.6 Å². The van der Waals surface area contributed by atoms with E-state index in [4.69, 9.17) is 5.10 Å². The van der Waals surface area contributed by atoms with E-state index in [9.17, 15) is 8.78 Å². The fourth-order valence-electron chi connectivity index (χ4n) is 3.23. The lowest BCUT2D eigenvalue weighted by molar-refractivity contribution is 0.405. The summed E-state index contributed by atoms with van der Waals surface area (Å²) in [6.45, 7) is 0.969. The van der Waals surface area contributed by atoms with Crippen molar-refractivity contribution in [1.29, 1.82) is 0 Å². The van der Waals surface area contributed by atoms with Gasteiger partial charge in [0.2, 0.25) is 0 Å². The zero-order valence-corrected chi connectivity index (χ0v) is 12.6. The summed E-state index contributed by atoms with van der Waals surface area (Å²) in [5.74, 6) is -0.602. The topological polar surface area (TPSA) is 29.9 Å². The number of fused-ring (bicyclic) bond motifs is 1. The summed E-state index contributed by atoms with van der Waals surface area (Å²) < 4.78 is 28.6. The van der Waals surface area contributed by atoms with Gasteiger partial charge in [0.25, 0.3) is 0 Å². The quantitative estimate of drug-likeness (QED) is 0.771. The molecule has 3 aromatic rings. The summed E-state index contributed by atoms with van der Waals surface area (Å²) in [6.07, 6.45) is 3.35. The van der Waals surface area contributed by atoms with Crippen LogP contribution in [-0.4, -0.2) is 16.3 Å². The molecule has 2 heterocycles. The van der Waals surface area contributed by atoms with E-state index < -0.39 is 0 Å². The number of aromatic nitrogens is 2. The molecule has 0 radical (unpaired) electrons. The maximum Gasteiger partial charge on any atom is 0.125 e. The second-order valence-corrected chi connectivity index (χ2v) is 5.94. The summed E-state index contributed by atoms with van der Waals surface area (Å²) in [6, 6.07) is 11.0. The molecular weight excluding hydrogens is 296 g/mol. The first-order chi connectivity index (χ1) is 11.2. The van der Waals surface area contributed by atoms with Gasteiger partial charge in [-0.3, -0.25) is 0 Å². The van der Waals surface area contributed by atoms with Crippen molar-refractivity contribution in [3.05, 3.63) is 59.8 Å². The van der Waals surface area contributed by atoms with Crippen molar-refractivity contribution in [3.63, 3.8) is 0 Å². The third-order valence-corrected chi connectivity index (χ3v) is 4.38. The lowest BCUT2D eigenvalue weighted by Gasteiger charge is -2.22. The van der Waals surface area contributed by atoms with Gasteiger partial charge in [-0.05, 0) is 55.8 Å². The molecule has 4 rings (SSSR count). The highest BCUT2D eigenvalue weighted by Crippen LogP contribution is 2.30. The average molecular weight is 313 g/mol. The van der Waals surface area contributed by atoms with E-state index >= 15 is 0 Å². The second kappa shape index (κ2) is 5.74. The molecule has 0 aliphatic carbocycles. The van der Waals surface area contributed by atoms with Gasteiger partial charge in [-0.2, -0.15) is 5.10 Å². The van der Waals surface area contributed by atoms with Crippen LogP contribution in [0.4, 0.5) is 8.78 Å². The number of rotatable bonds is 2. The number of nitrogens with one attached hydrogen (secondary N) is 1. The molecule has 1 unspecified atom stereocenters. The summed E-state index contributed by atoms with van der Waals surface area (Å²) in [7, 11) is 0. The first-order valence-electron chi connectivity index (χ1n) is 7.90. The summed E-state index contributed by atoms with van der Waals surface area (Å²) in [5, 5.41) is 9.15. The van der Waals surface area contributed by atoms with Crippen LogP contribution in [0.3, 0.4) is 0 Å². The molecule has 0 spiro atoms. The number of halogens is 2. The minimum Gasteiger partial charge on any atom is -0.309 e. The number of piperidine rings is 1. The van der Waals surface area contributed by atoms with Crippen LogP contribution in [0.5, 0.6) is 0 Å². The van der Waals surface area contributed by atoms with Crippen molar-refractivity contribution < 1.29 is 8.78 Å². The van der Waals surface area contributed by atoms with Crippen LogP contribution in [0.15, 0.2) is 42.5 Å². The average Bonchev–Trinajstić information content (AvgIpc) is 2.95. The highest BCUT2D eigenvalue weighted by atomic mass is 19.1. The normalized spacial score (nSPS) is 18.4. The van der Waals surface area contributed by atoms with Gasteiger partial charge in [0, 0.05) is 11.5 Å². The van der Waals surface area contributed by atoms with Crippen molar-refractivity contribution in [3.8, 4) is 5.69 Å². The minimum atomic E-state index is -0.302. The summed E-state index contributed by atoms with van der Waals surface area (Å²) in [4.78, 5) is 0. The lowest BCUT2D eigenvalue weighted by atomic mass is 10.00. The van der Waals surface area contributed by atoms with E-state index in [0.29, 0.717) is 5.52 Å². The zero-order valence-electron chi connectivity index (χ0n) is 12.6. The first kappa shape index (κ1) is 14.3. The highest BCUT2D eigenvalue weighted by Gasteiger charge is 2.22. The Labute approximate surface area is 132 Å². The standard InChI is InChI=1S/C18H17F2N3/c19-12-4-7-14(8-5-12)23-17-11-13(20)6-9-15(17)18(22-23)16-3-1-2-10-21-16/h4-9,11,16,21H,1-3,10H2. The largest absolute Gasteiger partial charge is 0.309 e. The van der Waals surface area contributed by atoms with Crippen molar-refractivity contribution in [2.45, 2.75) is 25.3 Å². The molecular formula is C18H17F2N3. The molecule has 1 saturated heterocycles. The third kappa shape index (κ3) is 2.61. The number of nitrogens with zero attached hydrogens (tertiary/aromatic N) is 2. The summed E-state index contributed by atoms with van der Waals surface area (Å²) in [5.41, 5.74) is 2.37. The molecule has 5 heteroatoms. The Morgan fingerprint density at radius 2 is 1.78 bits per heavy atom. The van der Waals surface area contributed by atoms with Crippen molar-refractivity contribution in [2.24, 2.45) is 0 Å². The fraction of sp³-hybridized carbons (Fsp3) is 0.278. The number of hydrogen-bond donors (Lipinski definition) is 1. The van der Waals surface area contributed by atoms with E-state index in [1.165, 1.54) is 30.7 Å². The third-order valence-electron chi connectivity index (χ3n) is 4.38. The second-order valence-electron chi connectivity index (χ2n) is 5.94. The Balaban J connectivity index is 1.89. The van der Waals surface area contributed by atoms with Gasteiger partial charge in [0.1, 0.15) is 11.6 Å². The predicted molar refractivity (Wildman–Crippen MR) is 85.6 cm³/mol. The van der Waals surface area contributed by atoms with Crippen LogP contribution in [0.1, 0.15) is 31.0 Å². The molecule has 1 aliphatic heterocycles. The van der Waals surface area contributed by atoms with Crippen molar-refractivity contribution >= 4 is 10.9 Å². The van der Waals surface area contributed by atoms with Crippen LogP contribution < -0.4 is 5.32 Å². The van der Waals surface area contributed by atoms with Crippen molar-refractivity contribution in [2.75, 3.05) is 6.54 Å². The maximum absolute atomic E-state index is 13.7. The van der Waals surface area contributed by atoms with E-state index in [2.05, 4.69) is 5.32 Å². The molecule has 3 nitrogen and oxygen atoms in total. The molecule has 1 aliphatic rings. The Hall–Kier alpha value is -2.27. The number of benzene rings is 2. The molecule has 2 aromatic carbocycles. The SMILES string of the molecule is Fc1ccc(-n2nc(C3CCCCN3)c3ccc(F)cc32)cc1. The van der Waals surface area contributed by atoms with E-state index in [0.717, 1.165) is 36.2 Å². The Morgan fingerprint density at radius 1 is 1.00 bits per heavy atom. The van der Waals surface area contributed by atoms with Gasteiger partial charge in [-0.15, -0.1) is 0 Å². The van der Waals surface area contributed by atoms with Crippen LogP contribution >= 0.6 is 0 Å².